The van der Waals surface area contributed by atoms with Crippen LogP contribution < -0.4 is 10.1 Å². The van der Waals surface area contributed by atoms with Crippen molar-refractivity contribution in [1.29, 1.82) is 0 Å². The maximum Gasteiger partial charge on any atom is 0.165 e. The first kappa shape index (κ1) is 12.3. The summed E-state index contributed by atoms with van der Waals surface area (Å²) in [6.45, 7) is 2.47. The van der Waals surface area contributed by atoms with E-state index < -0.39 is 0 Å². The highest BCUT2D eigenvalue weighted by Crippen LogP contribution is 2.19. The van der Waals surface area contributed by atoms with Gasteiger partial charge in [0.05, 0.1) is 19.8 Å². The molecule has 0 unspecified atom stereocenters. The van der Waals surface area contributed by atoms with Gasteiger partial charge in [-0.15, -0.1) is 0 Å². The first-order valence-electron chi connectivity index (χ1n) is 5.94. The molecule has 17 heavy (non-hydrogen) atoms. The number of rotatable bonds is 4. The van der Waals surface area contributed by atoms with Crippen LogP contribution in [0.15, 0.2) is 18.2 Å². The fourth-order valence-corrected chi connectivity index (χ4v) is 1.98. The van der Waals surface area contributed by atoms with Crippen LogP contribution in [0.25, 0.3) is 0 Å². The second-order valence-corrected chi connectivity index (χ2v) is 4.23. The van der Waals surface area contributed by atoms with Crippen molar-refractivity contribution < 1.29 is 13.9 Å². The zero-order chi connectivity index (χ0) is 12.1. The van der Waals surface area contributed by atoms with Gasteiger partial charge in [-0.3, -0.25) is 0 Å². The molecule has 1 heterocycles. The third-order valence-corrected chi connectivity index (χ3v) is 2.99. The second kappa shape index (κ2) is 5.98. The maximum absolute atomic E-state index is 13.4. The lowest BCUT2D eigenvalue weighted by molar-refractivity contribution is 0.0211. The molecular formula is C13H18FNO2. The summed E-state index contributed by atoms with van der Waals surface area (Å²) in [5.74, 6) is -0.0606. The van der Waals surface area contributed by atoms with Crippen LogP contribution in [0.2, 0.25) is 0 Å². The molecule has 0 amide bonds. The minimum atomic E-state index is -0.334. The van der Waals surface area contributed by atoms with Gasteiger partial charge in [0.2, 0.25) is 0 Å². The topological polar surface area (TPSA) is 30.5 Å². The zero-order valence-corrected chi connectivity index (χ0v) is 10.0. The number of hydrogen-bond donors (Lipinski definition) is 1. The van der Waals surface area contributed by atoms with Gasteiger partial charge in [0, 0.05) is 0 Å². The second-order valence-electron chi connectivity index (χ2n) is 4.23. The molecule has 0 atom stereocenters. The van der Waals surface area contributed by atoms with Crippen molar-refractivity contribution in [2.45, 2.75) is 25.6 Å². The first-order chi connectivity index (χ1) is 8.29. The summed E-state index contributed by atoms with van der Waals surface area (Å²) in [5, 5.41) is 3.28. The fraction of sp³-hybridized carbons (Fsp3) is 0.538. The van der Waals surface area contributed by atoms with Crippen molar-refractivity contribution in [3.8, 4) is 5.75 Å². The molecule has 94 valence electrons. The summed E-state index contributed by atoms with van der Waals surface area (Å²) in [4.78, 5) is 0. The monoisotopic (exact) mass is 239 g/mol. The Morgan fingerprint density at radius 2 is 2.12 bits per heavy atom. The highest BCUT2D eigenvalue weighted by Gasteiger charge is 2.13. The summed E-state index contributed by atoms with van der Waals surface area (Å²) in [5.41, 5.74) is 0.849. The molecule has 1 saturated heterocycles. The van der Waals surface area contributed by atoms with Gasteiger partial charge in [-0.1, -0.05) is 6.07 Å². The Balaban J connectivity index is 1.87. The minimum absolute atomic E-state index is 0.274. The Bertz CT molecular complexity index is 364. The van der Waals surface area contributed by atoms with E-state index >= 15 is 0 Å². The molecule has 0 spiro atoms. The lowest BCUT2D eigenvalue weighted by atomic mass is 10.1. The van der Waals surface area contributed by atoms with Crippen molar-refractivity contribution in [3.05, 3.63) is 29.6 Å². The number of halogens is 1. The molecule has 0 radical (unpaired) electrons. The molecule has 2 rings (SSSR count). The molecule has 1 fully saturated rings. The smallest absolute Gasteiger partial charge is 0.165 e. The van der Waals surface area contributed by atoms with Crippen LogP contribution in [-0.2, 0) is 11.3 Å². The van der Waals surface area contributed by atoms with E-state index in [0.717, 1.165) is 31.5 Å². The Labute approximate surface area is 101 Å². The molecule has 0 aliphatic carbocycles. The summed E-state index contributed by atoms with van der Waals surface area (Å²) in [6.07, 6.45) is 2.35. The first-order valence-corrected chi connectivity index (χ1v) is 5.94. The van der Waals surface area contributed by atoms with Gasteiger partial charge in [0.25, 0.3) is 0 Å². The van der Waals surface area contributed by atoms with Crippen LogP contribution in [0.1, 0.15) is 18.4 Å². The Morgan fingerprint density at radius 3 is 2.76 bits per heavy atom. The average Bonchev–Trinajstić information content (AvgIpc) is 2.38. The summed E-state index contributed by atoms with van der Waals surface area (Å²) in [7, 11) is 1.46. The van der Waals surface area contributed by atoms with Gasteiger partial charge in [0.15, 0.2) is 11.6 Å². The summed E-state index contributed by atoms with van der Waals surface area (Å²) >= 11 is 0. The third kappa shape index (κ3) is 3.41. The predicted molar refractivity (Wildman–Crippen MR) is 63.6 cm³/mol. The third-order valence-electron chi connectivity index (χ3n) is 2.99. The molecular weight excluding hydrogens is 221 g/mol. The highest BCUT2D eigenvalue weighted by molar-refractivity contribution is 5.28. The minimum Gasteiger partial charge on any atom is -0.494 e. The van der Waals surface area contributed by atoms with E-state index in [1.165, 1.54) is 13.2 Å². The molecule has 1 aromatic rings. The normalized spacial score (nSPS) is 17.1. The standard InChI is InChI=1S/C13H18FNO2/c1-16-13-3-2-10(8-12(13)14)9-17-11-4-6-15-7-5-11/h2-3,8,11,15H,4-7,9H2,1H3. The van der Waals surface area contributed by atoms with E-state index in [1.807, 2.05) is 6.07 Å². The number of methoxy groups -OCH3 is 1. The molecule has 4 heteroatoms. The lowest BCUT2D eigenvalue weighted by Crippen LogP contribution is -2.32. The largest absolute Gasteiger partial charge is 0.494 e. The van der Waals surface area contributed by atoms with Gasteiger partial charge in [0.1, 0.15) is 0 Å². The Hall–Kier alpha value is -1.13. The van der Waals surface area contributed by atoms with E-state index in [4.69, 9.17) is 9.47 Å². The Kier molecular flexibility index (Phi) is 4.34. The van der Waals surface area contributed by atoms with Crippen molar-refractivity contribution >= 4 is 0 Å². The van der Waals surface area contributed by atoms with Crippen molar-refractivity contribution in [1.82, 2.24) is 5.32 Å². The van der Waals surface area contributed by atoms with Gasteiger partial charge < -0.3 is 14.8 Å². The van der Waals surface area contributed by atoms with Gasteiger partial charge in [-0.05, 0) is 43.6 Å². The maximum atomic E-state index is 13.4. The molecule has 0 aromatic heterocycles. The number of nitrogens with one attached hydrogen (secondary N) is 1. The molecule has 1 aliphatic heterocycles. The molecule has 1 aliphatic rings. The number of ether oxygens (including phenoxy) is 2. The average molecular weight is 239 g/mol. The van der Waals surface area contributed by atoms with Crippen molar-refractivity contribution in [2.24, 2.45) is 0 Å². The van der Waals surface area contributed by atoms with Crippen LogP contribution in [0, 0.1) is 5.82 Å². The molecule has 1 aromatic carbocycles. The summed E-state index contributed by atoms with van der Waals surface area (Å²) < 4.78 is 24.0. The number of hydrogen-bond acceptors (Lipinski definition) is 3. The quantitative estimate of drug-likeness (QED) is 0.873. The van der Waals surface area contributed by atoms with E-state index in [2.05, 4.69) is 5.32 Å². The van der Waals surface area contributed by atoms with E-state index in [9.17, 15) is 4.39 Å². The van der Waals surface area contributed by atoms with Crippen LogP contribution in [-0.4, -0.2) is 26.3 Å². The van der Waals surface area contributed by atoms with Gasteiger partial charge in [-0.25, -0.2) is 4.39 Å². The molecule has 0 bridgehead atoms. The van der Waals surface area contributed by atoms with Crippen molar-refractivity contribution in [3.63, 3.8) is 0 Å². The van der Waals surface area contributed by atoms with Crippen LogP contribution in [0.3, 0.4) is 0 Å². The Morgan fingerprint density at radius 1 is 1.35 bits per heavy atom. The van der Waals surface area contributed by atoms with Crippen LogP contribution in [0.5, 0.6) is 5.75 Å². The van der Waals surface area contributed by atoms with E-state index in [1.54, 1.807) is 6.07 Å². The highest BCUT2D eigenvalue weighted by atomic mass is 19.1. The fourth-order valence-electron chi connectivity index (χ4n) is 1.98. The van der Waals surface area contributed by atoms with Gasteiger partial charge in [-0.2, -0.15) is 0 Å². The van der Waals surface area contributed by atoms with Crippen LogP contribution in [0.4, 0.5) is 4.39 Å². The van der Waals surface area contributed by atoms with E-state index in [0.29, 0.717) is 12.7 Å². The van der Waals surface area contributed by atoms with Gasteiger partial charge >= 0.3 is 0 Å². The predicted octanol–water partition coefficient (Wildman–Crippen LogP) is 2.10. The molecule has 0 saturated carbocycles. The van der Waals surface area contributed by atoms with E-state index in [-0.39, 0.29) is 11.6 Å². The lowest BCUT2D eigenvalue weighted by Gasteiger charge is -2.23. The zero-order valence-electron chi connectivity index (χ0n) is 10.0. The molecule has 1 N–H and O–H groups in total. The number of benzene rings is 1. The van der Waals surface area contributed by atoms with Crippen molar-refractivity contribution in [2.75, 3.05) is 20.2 Å². The number of piperidine rings is 1. The molecule has 3 nitrogen and oxygen atoms in total. The SMILES string of the molecule is COc1ccc(COC2CCNCC2)cc1F. The summed E-state index contributed by atoms with van der Waals surface area (Å²) in [6, 6.07) is 4.94. The van der Waals surface area contributed by atoms with Crippen LogP contribution >= 0.6 is 0 Å².